The van der Waals surface area contributed by atoms with Crippen LogP contribution in [0, 0.1) is 0 Å². The summed E-state index contributed by atoms with van der Waals surface area (Å²) in [4.78, 5) is 31.0. The first-order valence-corrected chi connectivity index (χ1v) is 7.33. The molecule has 0 atom stereocenters. The average molecular weight is 345 g/mol. The molecule has 122 valence electrons. The van der Waals surface area contributed by atoms with Crippen LogP contribution in [0.2, 0.25) is 5.02 Å². The molecule has 3 N–H and O–H groups in total. The second kappa shape index (κ2) is 6.59. The minimum absolute atomic E-state index is 0.334. The third-order valence-electron chi connectivity index (χ3n) is 3.29. The molecule has 0 radical (unpaired) electrons. The first-order valence-electron chi connectivity index (χ1n) is 6.96. The van der Waals surface area contributed by atoms with Crippen molar-refractivity contribution >= 4 is 45.8 Å². The van der Waals surface area contributed by atoms with Crippen LogP contribution < -0.4 is 15.4 Å². The Morgan fingerprint density at radius 3 is 2.42 bits per heavy atom. The average Bonchev–Trinajstić information content (AvgIpc) is 3.02. The van der Waals surface area contributed by atoms with Crippen molar-refractivity contribution in [2.45, 2.75) is 0 Å². The highest BCUT2D eigenvalue weighted by Crippen LogP contribution is 2.27. The Balaban J connectivity index is 1.68. The molecule has 0 aliphatic carbocycles. The number of imidazole rings is 1. The number of hydrogen-bond acceptors (Lipinski definition) is 4. The zero-order chi connectivity index (χ0) is 17.1. The highest BCUT2D eigenvalue weighted by atomic mass is 35.5. The number of aromatic nitrogens is 2. The van der Waals surface area contributed by atoms with Crippen LogP contribution in [0.4, 0.5) is 11.4 Å². The van der Waals surface area contributed by atoms with E-state index in [1.54, 1.807) is 36.7 Å². The van der Waals surface area contributed by atoms with E-state index in [0.29, 0.717) is 22.1 Å². The number of carbonyl (C=O) groups excluding carboxylic acids is 2. The number of amides is 2. The van der Waals surface area contributed by atoms with Crippen LogP contribution in [0.15, 0.2) is 42.7 Å². The Morgan fingerprint density at radius 1 is 1.08 bits per heavy atom. The number of methoxy groups -OCH3 is 1. The largest absolute Gasteiger partial charge is 0.495 e. The number of hydrogen-bond donors (Lipinski definition) is 3. The number of anilines is 2. The molecule has 3 aromatic rings. The summed E-state index contributed by atoms with van der Waals surface area (Å²) in [5.41, 5.74) is 2.41. The Kier molecular flexibility index (Phi) is 4.35. The highest BCUT2D eigenvalue weighted by Gasteiger charge is 2.15. The summed E-state index contributed by atoms with van der Waals surface area (Å²) in [6.07, 6.45) is 1.55. The van der Waals surface area contributed by atoms with E-state index in [1.807, 2.05) is 0 Å². The summed E-state index contributed by atoms with van der Waals surface area (Å²) in [6.45, 7) is 0. The van der Waals surface area contributed by atoms with Gasteiger partial charge in [-0.2, -0.15) is 0 Å². The first-order chi connectivity index (χ1) is 11.6. The van der Waals surface area contributed by atoms with Crippen molar-refractivity contribution in [3.05, 3.63) is 47.7 Å². The topological polar surface area (TPSA) is 96.1 Å². The van der Waals surface area contributed by atoms with E-state index in [2.05, 4.69) is 20.6 Å². The molecule has 0 aliphatic rings. The zero-order valence-electron chi connectivity index (χ0n) is 12.6. The Labute approximate surface area is 142 Å². The summed E-state index contributed by atoms with van der Waals surface area (Å²) >= 11 is 5.98. The van der Waals surface area contributed by atoms with E-state index in [1.165, 1.54) is 13.2 Å². The van der Waals surface area contributed by atoms with Crippen LogP contribution in [0.25, 0.3) is 11.0 Å². The van der Waals surface area contributed by atoms with Gasteiger partial charge in [0.1, 0.15) is 5.75 Å². The van der Waals surface area contributed by atoms with Crippen LogP contribution in [-0.4, -0.2) is 28.9 Å². The minimum atomic E-state index is -0.805. The maximum Gasteiger partial charge on any atom is 0.314 e. The molecule has 24 heavy (non-hydrogen) atoms. The number of benzene rings is 2. The lowest BCUT2D eigenvalue weighted by molar-refractivity contribution is -0.132. The van der Waals surface area contributed by atoms with Crippen LogP contribution >= 0.6 is 11.6 Å². The van der Waals surface area contributed by atoms with Gasteiger partial charge in [0, 0.05) is 11.4 Å². The third kappa shape index (κ3) is 3.31. The smallest absolute Gasteiger partial charge is 0.314 e. The molecule has 3 rings (SSSR count). The number of carbonyl (C=O) groups is 2. The number of nitrogens with zero attached hydrogens (tertiary/aromatic N) is 1. The maximum atomic E-state index is 12.0. The second-order valence-corrected chi connectivity index (χ2v) is 5.30. The van der Waals surface area contributed by atoms with Gasteiger partial charge >= 0.3 is 11.8 Å². The molecule has 1 heterocycles. The monoisotopic (exact) mass is 344 g/mol. The van der Waals surface area contributed by atoms with E-state index in [4.69, 9.17) is 16.3 Å². The van der Waals surface area contributed by atoms with Crippen molar-refractivity contribution in [1.29, 1.82) is 0 Å². The predicted molar refractivity (Wildman–Crippen MR) is 91.4 cm³/mol. The quantitative estimate of drug-likeness (QED) is 0.636. The molecule has 0 bridgehead atoms. The molecular formula is C16H13ClN4O3. The summed E-state index contributed by atoms with van der Waals surface area (Å²) in [5, 5.41) is 5.33. The summed E-state index contributed by atoms with van der Waals surface area (Å²) in [5.74, 6) is -1.12. The number of ether oxygens (including phenoxy) is 1. The predicted octanol–water partition coefficient (Wildman–Crippen LogP) is 2.80. The van der Waals surface area contributed by atoms with Gasteiger partial charge in [-0.05, 0) is 36.4 Å². The van der Waals surface area contributed by atoms with E-state index in [0.717, 1.165) is 11.0 Å². The van der Waals surface area contributed by atoms with Gasteiger partial charge in [0.2, 0.25) is 0 Å². The Bertz CT molecular complexity index is 923. The minimum Gasteiger partial charge on any atom is -0.495 e. The Morgan fingerprint density at radius 2 is 1.75 bits per heavy atom. The molecule has 0 saturated heterocycles. The van der Waals surface area contributed by atoms with E-state index in [-0.39, 0.29) is 0 Å². The number of H-pyrrole nitrogens is 1. The van der Waals surface area contributed by atoms with Crippen LogP contribution in [-0.2, 0) is 9.59 Å². The van der Waals surface area contributed by atoms with E-state index < -0.39 is 11.8 Å². The lowest BCUT2D eigenvalue weighted by atomic mass is 10.2. The second-order valence-electron chi connectivity index (χ2n) is 4.89. The summed E-state index contributed by atoms with van der Waals surface area (Å²) in [7, 11) is 1.49. The van der Waals surface area contributed by atoms with Crippen molar-refractivity contribution in [2.24, 2.45) is 0 Å². The summed E-state index contributed by atoms with van der Waals surface area (Å²) < 4.78 is 5.03. The molecule has 1 aromatic heterocycles. The van der Waals surface area contributed by atoms with Gasteiger partial charge < -0.3 is 20.4 Å². The van der Waals surface area contributed by atoms with E-state index in [9.17, 15) is 9.59 Å². The van der Waals surface area contributed by atoms with Crippen LogP contribution in [0.3, 0.4) is 0 Å². The fourth-order valence-corrected chi connectivity index (χ4v) is 2.39. The maximum absolute atomic E-state index is 12.0. The van der Waals surface area contributed by atoms with Gasteiger partial charge in [0.15, 0.2) is 0 Å². The van der Waals surface area contributed by atoms with Gasteiger partial charge in [-0.15, -0.1) is 0 Å². The number of fused-ring (bicyclic) bond motifs is 1. The number of nitrogens with one attached hydrogen (secondary N) is 3. The van der Waals surface area contributed by atoms with Crippen LogP contribution in [0.5, 0.6) is 5.75 Å². The molecule has 0 aliphatic heterocycles. The SMILES string of the molecule is COc1ccc(NC(=O)C(=O)Nc2ccc3nc[nH]c3c2)cc1Cl. The number of aromatic amines is 1. The molecule has 0 spiro atoms. The number of halogens is 1. The van der Waals surface area contributed by atoms with Crippen molar-refractivity contribution in [3.63, 3.8) is 0 Å². The molecule has 2 aromatic carbocycles. The fourth-order valence-electron chi connectivity index (χ4n) is 2.13. The fraction of sp³-hybridized carbons (Fsp3) is 0.0625. The standard InChI is InChI=1S/C16H13ClN4O3/c1-24-14-5-3-9(6-11(14)17)20-15(22)16(23)21-10-2-4-12-13(7-10)19-8-18-12/h2-8H,1H3,(H,18,19)(H,20,22)(H,21,23). The third-order valence-corrected chi connectivity index (χ3v) is 3.59. The number of rotatable bonds is 3. The van der Waals surface area contributed by atoms with Crippen molar-refractivity contribution < 1.29 is 14.3 Å². The molecule has 2 amide bonds. The normalized spacial score (nSPS) is 10.4. The van der Waals surface area contributed by atoms with Crippen molar-refractivity contribution in [1.82, 2.24) is 9.97 Å². The molecule has 0 fully saturated rings. The Hall–Kier alpha value is -3.06. The molecule has 0 unspecified atom stereocenters. The van der Waals surface area contributed by atoms with Gasteiger partial charge in [0.05, 0.1) is 29.5 Å². The van der Waals surface area contributed by atoms with Crippen LogP contribution in [0.1, 0.15) is 0 Å². The molecule has 7 nitrogen and oxygen atoms in total. The zero-order valence-corrected chi connectivity index (χ0v) is 13.3. The van der Waals surface area contributed by atoms with Gasteiger partial charge in [0.25, 0.3) is 0 Å². The molecule has 0 saturated carbocycles. The highest BCUT2D eigenvalue weighted by molar-refractivity contribution is 6.43. The molecular weight excluding hydrogens is 332 g/mol. The lowest BCUT2D eigenvalue weighted by Crippen LogP contribution is -2.29. The molecule has 8 heteroatoms. The first kappa shape index (κ1) is 15.8. The van der Waals surface area contributed by atoms with E-state index >= 15 is 0 Å². The van der Waals surface area contributed by atoms with Crippen molar-refractivity contribution in [3.8, 4) is 5.75 Å². The van der Waals surface area contributed by atoms with Gasteiger partial charge in [-0.3, -0.25) is 9.59 Å². The lowest BCUT2D eigenvalue weighted by Gasteiger charge is -2.08. The van der Waals surface area contributed by atoms with Crippen molar-refractivity contribution in [2.75, 3.05) is 17.7 Å². The van der Waals surface area contributed by atoms with Gasteiger partial charge in [-0.1, -0.05) is 11.6 Å². The van der Waals surface area contributed by atoms with Gasteiger partial charge in [-0.25, -0.2) is 4.98 Å². The summed E-state index contributed by atoms with van der Waals surface area (Å²) in [6, 6.07) is 9.79.